The van der Waals surface area contributed by atoms with Crippen LogP contribution in [0.5, 0.6) is 5.75 Å². The number of ether oxygens (including phenoxy) is 1. The number of nitrogens with one attached hydrogen (secondary N) is 2. The number of rotatable bonds is 7. The van der Waals surface area contributed by atoms with E-state index in [1.807, 2.05) is 29.3 Å². The fourth-order valence-electron chi connectivity index (χ4n) is 1.64. The molecular formula is C15H16N2O4S2. The molecule has 122 valence electrons. The van der Waals surface area contributed by atoms with Crippen molar-refractivity contribution in [2.24, 2.45) is 0 Å². The molecule has 0 bridgehead atoms. The highest BCUT2D eigenvalue weighted by Crippen LogP contribution is 2.15. The first kappa shape index (κ1) is 17.2. The van der Waals surface area contributed by atoms with E-state index >= 15 is 0 Å². The summed E-state index contributed by atoms with van der Waals surface area (Å²) in [6.45, 7) is 2.34. The highest BCUT2D eigenvalue weighted by molar-refractivity contribution is 7.89. The highest BCUT2D eigenvalue weighted by atomic mass is 32.2. The molecule has 2 N–H and O–H groups in total. The molecule has 0 fully saturated rings. The predicted octanol–water partition coefficient (Wildman–Crippen LogP) is 2.17. The molecule has 0 aliphatic carbocycles. The van der Waals surface area contributed by atoms with Gasteiger partial charge in [0.15, 0.2) is 0 Å². The Morgan fingerprint density at radius 3 is 2.61 bits per heavy atom. The van der Waals surface area contributed by atoms with Crippen molar-refractivity contribution < 1.29 is 17.9 Å². The average Bonchev–Trinajstić information content (AvgIpc) is 3.05. The van der Waals surface area contributed by atoms with Crippen LogP contribution < -0.4 is 15.0 Å². The van der Waals surface area contributed by atoms with Crippen molar-refractivity contribution in [3.05, 3.63) is 52.7 Å². The number of amides is 1. The van der Waals surface area contributed by atoms with Gasteiger partial charge in [0.1, 0.15) is 5.75 Å². The Morgan fingerprint density at radius 1 is 1.26 bits per heavy atom. The van der Waals surface area contributed by atoms with Crippen LogP contribution in [-0.4, -0.2) is 20.9 Å². The molecule has 0 radical (unpaired) electrons. The van der Waals surface area contributed by atoms with Crippen LogP contribution in [0.2, 0.25) is 0 Å². The van der Waals surface area contributed by atoms with Gasteiger partial charge in [-0.1, -0.05) is 6.07 Å². The molecule has 0 aliphatic heterocycles. The van der Waals surface area contributed by atoms with Gasteiger partial charge in [-0.15, -0.1) is 16.2 Å². The lowest BCUT2D eigenvalue weighted by Gasteiger charge is -2.08. The van der Waals surface area contributed by atoms with Crippen molar-refractivity contribution in [1.29, 1.82) is 0 Å². The fraction of sp³-hybridized carbons (Fsp3) is 0.133. The summed E-state index contributed by atoms with van der Waals surface area (Å²) in [5.74, 6) is 0.0160. The lowest BCUT2D eigenvalue weighted by atomic mass is 10.3. The molecule has 1 heterocycles. The molecule has 2 aromatic rings. The summed E-state index contributed by atoms with van der Waals surface area (Å²) >= 11 is 1.47. The SMILES string of the molecule is CCOc1ccc(S(=O)(=O)NNC(=O)/C=C/c2cccs2)cc1. The van der Waals surface area contributed by atoms with Gasteiger partial charge in [-0.3, -0.25) is 10.2 Å². The van der Waals surface area contributed by atoms with E-state index in [-0.39, 0.29) is 4.90 Å². The maximum Gasteiger partial charge on any atom is 0.258 e. The predicted molar refractivity (Wildman–Crippen MR) is 89.4 cm³/mol. The van der Waals surface area contributed by atoms with E-state index in [0.717, 1.165) is 4.88 Å². The smallest absolute Gasteiger partial charge is 0.258 e. The molecule has 1 aromatic heterocycles. The van der Waals surface area contributed by atoms with Crippen LogP contribution in [0.15, 0.2) is 52.7 Å². The molecule has 0 saturated heterocycles. The molecule has 23 heavy (non-hydrogen) atoms. The van der Waals surface area contributed by atoms with E-state index < -0.39 is 15.9 Å². The first-order valence-electron chi connectivity index (χ1n) is 6.77. The number of thiophene rings is 1. The Kier molecular flexibility index (Phi) is 5.91. The largest absolute Gasteiger partial charge is 0.494 e. The van der Waals surface area contributed by atoms with Crippen molar-refractivity contribution in [2.75, 3.05) is 6.61 Å². The Balaban J connectivity index is 1.94. The standard InChI is InChI=1S/C15H16N2O4S2/c1-2-21-12-5-8-14(9-6-12)23(19,20)17-16-15(18)10-7-13-4-3-11-22-13/h3-11,17H,2H2,1H3,(H,16,18)/b10-7+. The van der Waals surface area contributed by atoms with E-state index in [2.05, 4.69) is 5.43 Å². The summed E-state index contributed by atoms with van der Waals surface area (Å²) in [7, 11) is -3.83. The summed E-state index contributed by atoms with van der Waals surface area (Å²) in [6, 6.07) is 9.62. The van der Waals surface area contributed by atoms with Crippen molar-refractivity contribution in [1.82, 2.24) is 10.3 Å². The van der Waals surface area contributed by atoms with Gasteiger partial charge in [-0.2, -0.15) is 0 Å². The van der Waals surface area contributed by atoms with Gasteiger partial charge in [0, 0.05) is 11.0 Å². The molecule has 0 unspecified atom stereocenters. The van der Waals surface area contributed by atoms with Crippen LogP contribution in [0.3, 0.4) is 0 Å². The van der Waals surface area contributed by atoms with Gasteiger partial charge in [-0.25, -0.2) is 8.42 Å². The minimum atomic E-state index is -3.83. The molecule has 8 heteroatoms. The number of carbonyl (C=O) groups is 1. The number of benzene rings is 1. The molecule has 0 spiro atoms. The molecule has 1 aromatic carbocycles. The van der Waals surface area contributed by atoms with Gasteiger partial charge in [0.2, 0.25) is 0 Å². The minimum absolute atomic E-state index is 0.0310. The lowest BCUT2D eigenvalue weighted by Crippen LogP contribution is -2.40. The number of sulfonamides is 1. The number of hydrogen-bond donors (Lipinski definition) is 2. The van der Waals surface area contributed by atoms with Crippen LogP contribution in [0, 0.1) is 0 Å². The molecule has 0 saturated carbocycles. The Morgan fingerprint density at radius 2 is 2.00 bits per heavy atom. The first-order chi connectivity index (χ1) is 11.0. The van der Waals surface area contributed by atoms with E-state index in [9.17, 15) is 13.2 Å². The normalized spacial score (nSPS) is 11.5. The van der Waals surface area contributed by atoms with Crippen molar-refractivity contribution in [2.45, 2.75) is 11.8 Å². The molecule has 2 rings (SSSR count). The third-order valence-corrected chi connectivity index (χ3v) is 4.80. The van der Waals surface area contributed by atoms with Crippen LogP contribution in [0.4, 0.5) is 0 Å². The summed E-state index contributed by atoms with van der Waals surface area (Å²) in [4.78, 5) is 14.6. The Hall–Kier alpha value is -2.16. The van der Waals surface area contributed by atoms with Gasteiger partial charge >= 0.3 is 0 Å². The molecule has 1 amide bonds. The van der Waals surface area contributed by atoms with Crippen molar-refractivity contribution in [3.8, 4) is 5.75 Å². The maximum atomic E-state index is 12.1. The number of hydrogen-bond acceptors (Lipinski definition) is 5. The zero-order chi connectivity index (χ0) is 16.7. The topological polar surface area (TPSA) is 84.5 Å². The Bertz CT molecular complexity index is 766. The van der Waals surface area contributed by atoms with Crippen LogP contribution >= 0.6 is 11.3 Å². The van der Waals surface area contributed by atoms with E-state index in [1.54, 1.807) is 18.2 Å². The van der Waals surface area contributed by atoms with Crippen LogP contribution in [-0.2, 0) is 14.8 Å². The second-order valence-electron chi connectivity index (χ2n) is 4.35. The fourth-order valence-corrected chi connectivity index (χ4v) is 3.11. The minimum Gasteiger partial charge on any atom is -0.494 e. The van der Waals surface area contributed by atoms with E-state index in [1.165, 1.54) is 29.5 Å². The van der Waals surface area contributed by atoms with Crippen molar-refractivity contribution >= 4 is 33.3 Å². The average molecular weight is 352 g/mol. The second kappa shape index (κ2) is 7.91. The molecular weight excluding hydrogens is 336 g/mol. The zero-order valence-corrected chi connectivity index (χ0v) is 14.0. The highest BCUT2D eigenvalue weighted by Gasteiger charge is 2.14. The van der Waals surface area contributed by atoms with Gasteiger partial charge in [0.25, 0.3) is 15.9 Å². The lowest BCUT2D eigenvalue weighted by molar-refractivity contribution is -0.116. The van der Waals surface area contributed by atoms with Gasteiger partial charge in [0.05, 0.1) is 11.5 Å². The first-order valence-corrected chi connectivity index (χ1v) is 9.14. The van der Waals surface area contributed by atoms with E-state index in [0.29, 0.717) is 12.4 Å². The van der Waals surface area contributed by atoms with Gasteiger partial charge < -0.3 is 4.74 Å². The van der Waals surface area contributed by atoms with Crippen LogP contribution in [0.25, 0.3) is 6.08 Å². The third kappa shape index (κ3) is 5.20. The monoisotopic (exact) mass is 352 g/mol. The summed E-state index contributed by atoms with van der Waals surface area (Å²) in [5, 5.41) is 1.88. The Labute approximate surface area is 138 Å². The molecule has 6 nitrogen and oxygen atoms in total. The van der Waals surface area contributed by atoms with Gasteiger partial charge in [-0.05, 0) is 48.7 Å². The van der Waals surface area contributed by atoms with E-state index in [4.69, 9.17) is 4.74 Å². The molecule has 0 atom stereocenters. The number of carbonyl (C=O) groups excluding carboxylic acids is 1. The summed E-state index contributed by atoms with van der Waals surface area (Å²) < 4.78 is 29.3. The summed E-state index contributed by atoms with van der Waals surface area (Å²) in [6.07, 6.45) is 2.86. The zero-order valence-electron chi connectivity index (χ0n) is 12.4. The second-order valence-corrected chi connectivity index (χ2v) is 7.01. The van der Waals surface area contributed by atoms with Crippen LogP contribution in [0.1, 0.15) is 11.8 Å². The summed E-state index contributed by atoms with van der Waals surface area (Å²) in [5.41, 5.74) is 2.13. The number of hydrazine groups is 1. The quantitative estimate of drug-likeness (QED) is 0.591. The maximum absolute atomic E-state index is 12.1. The van der Waals surface area contributed by atoms with Crippen molar-refractivity contribution in [3.63, 3.8) is 0 Å². The third-order valence-electron chi connectivity index (χ3n) is 2.70. The molecule has 0 aliphatic rings.